The number of halogens is 1. The van der Waals surface area contributed by atoms with E-state index in [1.54, 1.807) is 49.3 Å². The quantitative estimate of drug-likeness (QED) is 0.561. The molecule has 1 aromatic heterocycles. The molecule has 0 atom stereocenters. The SMILES string of the molecule is CN(C)c1oc(-c2ccccc2I)nc1S(=O)(=O)c1ccccc1. The fourth-order valence-electron chi connectivity index (χ4n) is 2.22. The third-order valence-electron chi connectivity index (χ3n) is 3.40. The highest BCUT2D eigenvalue weighted by molar-refractivity contribution is 14.1. The summed E-state index contributed by atoms with van der Waals surface area (Å²) in [4.78, 5) is 6.11. The van der Waals surface area contributed by atoms with Gasteiger partial charge in [0.05, 0.1) is 10.5 Å². The summed E-state index contributed by atoms with van der Waals surface area (Å²) in [5.74, 6) is 0.506. The van der Waals surface area contributed by atoms with Crippen molar-refractivity contribution in [3.05, 3.63) is 58.2 Å². The second-order valence-electron chi connectivity index (χ2n) is 5.32. The molecule has 5 nitrogen and oxygen atoms in total. The monoisotopic (exact) mass is 454 g/mol. The second kappa shape index (κ2) is 6.56. The minimum Gasteiger partial charge on any atom is -0.419 e. The van der Waals surface area contributed by atoms with Gasteiger partial charge in [-0.25, -0.2) is 8.42 Å². The van der Waals surface area contributed by atoms with Gasteiger partial charge in [0, 0.05) is 17.7 Å². The third-order valence-corrected chi connectivity index (χ3v) is 6.01. The molecule has 0 N–H and O–H groups in total. The van der Waals surface area contributed by atoms with Gasteiger partial charge >= 0.3 is 0 Å². The zero-order chi connectivity index (χ0) is 17.3. The van der Waals surface area contributed by atoms with E-state index in [9.17, 15) is 8.42 Å². The molecule has 24 heavy (non-hydrogen) atoms. The highest BCUT2D eigenvalue weighted by atomic mass is 127. The minimum atomic E-state index is -3.76. The Morgan fingerprint density at radius 3 is 2.25 bits per heavy atom. The number of rotatable bonds is 4. The Bertz CT molecular complexity index is 967. The Morgan fingerprint density at radius 1 is 1.00 bits per heavy atom. The number of nitrogens with zero attached hydrogens (tertiary/aromatic N) is 2. The van der Waals surface area contributed by atoms with Crippen LogP contribution in [0.5, 0.6) is 0 Å². The molecule has 0 amide bonds. The van der Waals surface area contributed by atoms with E-state index in [0.29, 0.717) is 5.89 Å². The number of oxazole rings is 1. The van der Waals surface area contributed by atoms with Crippen LogP contribution in [0.1, 0.15) is 0 Å². The molecule has 0 bridgehead atoms. The summed E-state index contributed by atoms with van der Waals surface area (Å²) in [6.45, 7) is 0. The van der Waals surface area contributed by atoms with Gasteiger partial charge in [-0.3, -0.25) is 0 Å². The van der Waals surface area contributed by atoms with Crippen LogP contribution in [0.25, 0.3) is 11.5 Å². The van der Waals surface area contributed by atoms with Gasteiger partial charge in [-0.15, -0.1) is 0 Å². The summed E-state index contributed by atoms with van der Waals surface area (Å²) >= 11 is 2.17. The number of aromatic nitrogens is 1. The Labute approximate surface area is 154 Å². The number of hydrogen-bond donors (Lipinski definition) is 0. The molecule has 0 unspecified atom stereocenters. The minimum absolute atomic E-state index is 0.0756. The standard InChI is InChI=1S/C17H15IN2O3S/c1-20(2)17-16(24(21,22)12-8-4-3-5-9-12)19-15(23-17)13-10-6-7-11-14(13)18/h3-11H,1-2H3. The highest BCUT2D eigenvalue weighted by Gasteiger charge is 2.29. The topological polar surface area (TPSA) is 63.4 Å². The van der Waals surface area contributed by atoms with Crippen molar-refractivity contribution >= 4 is 38.3 Å². The second-order valence-corrected chi connectivity index (χ2v) is 8.35. The molecule has 7 heteroatoms. The van der Waals surface area contributed by atoms with Crippen molar-refractivity contribution in [1.29, 1.82) is 0 Å². The summed E-state index contributed by atoms with van der Waals surface area (Å²) in [5.41, 5.74) is 0.760. The van der Waals surface area contributed by atoms with Crippen LogP contribution < -0.4 is 4.90 Å². The molecule has 0 aliphatic heterocycles. The maximum Gasteiger partial charge on any atom is 0.235 e. The smallest absolute Gasteiger partial charge is 0.235 e. The van der Waals surface area contributed by atoms with Crippen LogP contribution in [-0.4, -0.2) is 27.5 Å². The Balaban J connectivity index is 2.20. The van der Waals surface area contributed by atoms with Gasteiger partial charge in [-0.05, 0) is 46.9 Å². The average Bonchev–Trinajstić information content (AvgIpc) is 3.02. The number of sulfone groups is 1. The van der Waals surface area contributed by atoms with Crippen molar-refractivity contribution in [2.45, 2.75) is 9.92 Å². The van der Waals surface area contributed by atoms with Crippen LogP contribution in [0.4, 0.5) is 5.88 Å². The van der Waals surface area contributed by atoms with Crippen molar-refractivity contribution in [1.82, 2.24) is 4.98 Å². The summed E-state index contributed by atoms with van der Waals surface area (Å²) in [6.07, 6.45) is 0. The molecular weight excluding hydrogens is 439 g/mol. The largest absolute Gasteiger partial charge is 0.419 e. The molecule has 0 aliphatic carbocycles. The predicted octanol–water partition coefficient (Wildman–Crippen LogP) is 3.85. The fraction of sp³-hybridized carbons (Fsp3) is 0.118. The summed E-state index contributed by atoms with van der Waals surface area (Å²) < 4.78 is 32.6. The normalized spacial score (nSPS) is 11.5. The van der Waals surface area contributed by atoms with Crippen LogP contribution >= 0.6 is 22.6 Å². The summed E-state index contributed by atoms with van der Waals surface area (Å²) in [7, 11) is -0.311. The van der Waals surface area contributed by atoms with E-state index in [0.717, 1.165) is 9.13 Å². The van der Waals surface area contributed by atoms with Gasteiger partial charge in [0.1, 0.15) is 0 Å². The number of anilines is 1. The van der Waals surface area contributed by atoms with E-state index < -0.39 is 9.84 Å². The first-order chi connectivity index (χ1) is 11.4. The first kappa shape index (κ1) is 17.0. The van der Waals surface area contributed by atoms with Gasteiger partial charge in [-0.2, -0.15) is 4.98 Å². The molecule has 0 spiro atoms. The molecule has 3 aromatic rings. The number of hydrogen-bond acceptors (Lipinski definition) is 5. The molecule has 3 rings (SSSR count). The average molecular weight is 454 g/mol. The fourth-order valence-corrected chi connectivity index (χ4v) is 4.23. The predicted molar refractivity (Wildman–Crippen MR) is 101 cm³/mol. The van der Waals surface area contributed by atoms with Crippen LogP contribution in [0.3, 0.4) is 0 Å². The van der Waals surface area contributed by atoms with Gasteiger partial charge in [0.25, 0.3) is 0 Å². The molecular formula is C17H15IN2O3S. The molecule has 0 saturated heterocycles. The third kappa shape index (κ3) is 3.05. The van der Waals surface area contributed by atoms with Gasteiger partial charge in [-0.1, -0.05) is 30.3 Å². The van der Waals surface area contributed by atoms with E-state index >= 15 is 0 Å². The van der Waals surface area contributed by atoms with Gasteiger partial charge in [0.15, 0.2) is 0 Å². The lowest BCUT2D eigenvalue weighted by molar-refractivity contribution is 0.564. The first-order valence-corrected chi connectivity index (χ1v) is 9.70. The molecule has 0 radical (unpaired) electrons. The van der Waals surface area contributed by atoms with Gasteiger partial charge < -0.3 is 9.32 Å². The van der Waals surface area contributed by atoms with Crippen LogP contribution in [-0.2, 0) is 9.84 Å². The van der Waals surface area contributed by atoms with Crippen molar-refractivity contribution in [3.63, 3.8) is 0 Å². The van der Waals surface area contributed by atoms with Crippen molar-refractivity contribution in [2.24, 2.45) is 0 Å². The van der Waals surface area contributed by atoms with Crippen LogP contribution in [0.2, 0.25) is 0 Å². The zero-order valence-corrected chi connectivity index (χ0v) is 16.1. The van der Waals surface area contributed by atoms with E-state index in [2.05, 4.69) is 27.6 Å². The van der Waals surface area contributed by atoms with Gasteiger partial charge in [0.2, 0.25) is 26.6 Å². The van der Waals surface area contributed by atoms with E-state index in [4.69, 9.17) is 4.42 Å². The van der Waals surface area contributed by atoms with Crippen molar-refractivity contribution < 1.29 is 12.8 Å². The lowest BCUT2D eigenvalue weighted by atomic mass is 10.2. The Hall–Kier alpha value is -1.87. The molecule has 124 valence electrons. The summed E-state index contributed by atoms with van der Waals surface area (Å²) in [5, 5.41) is -0.0756. The van der Waals surface area contributed by atoms with Crippen LogP contribution in [0.15, 0.2) is 68.9 Å². The zero-order valence-electron chi connectivity index (χ0n) is 13.1. The maximum absolute atomic E-state index is 12.9. The van der Waals surface area contributed by atoms with Crippen molar-refractivity contribution in [3.8, 4) is 11.5 Å². The molecule has 0 fully saturated rings. The Kier molecular flexibility index (Phi) is 4.64. The lowest BCUT2D eigenvalue weighted by Crippen LogP contribution is -2.13. The molecule has 2 aromatic carbocycles. The van der Waals surface area contributed by atoms with Crippen LogP contribution in [0, 0.1) is 3.57 Å². The van der Waals surface area contributed by atoms with E-state index in [1.165, 1.54) is 0 Å². The van der Waals surface area contributed by atoms with Crippen molar-refractivity contribution in [2.75, 3.05) is 19.0 Å². The highest BCUT2D eigenvalue weighted by Crippen LogP contribution is 2.34. The summed E-state index contributed by atoms with van der Waals surface area (Å²) in [6, 6.07) is 15.8. The van der Waals surface area contributed by atoms with E-state index in [-0.39, 0.29) is 15.8 Å². The number of benzene rings is 2. The first-order valence-electron chi connectivity index (χ1n) is 7.14. The molecule has 0 saturated carbocycles. The van der Waals surface area contributed by atoms with E-state index in [1.807, 2.05) is 24.3 Å². The lowest BCUT2D eigenvalue weighted by Gasteiger charge is -2.10. The Morgan fingerprint density at radius 2 is 1.62 bits per heavy atom. The molecule has 1 heterocycles. The maximum atomic E-state index is 12.9. The molecule has 0 aliphatic rings.